The van der Waals surface area contributed by atoms with Gasteiger partial charge in [-0.2, -0.15) is 9.78 Å². The van der Waals surface area contributed by atoms with Crippen molar-refractivity contribution >= 4 is 45.5 Å². The average molecular weight is 450 g/mol. The topological polar surface area (TPSA) is 43.1 Å². The minimum atomic E-state index is 0.229. The third-order valence-corrected chi connectivity index (χ3v) is 5.40. The molecular weight excluding hydrogens is 432 g/mol. The van der Waals surface area contributed by atoms with Crippen molar-refractivity contribution in [2.45, 2.75) is 30.7 Å². The van der Waals surface area contributed by atoms with Gasteiger partial charge in [-0.05, 0) is 35.4 Å². The van der Waals surface area contributed by atoms with Crippen LogP contribution in [0.25, 0.3) is 0 Å². The number of benzene rings is 2. The summed E-state index contributed by atoms with van der Waals surface area (Å²) >= 11 is 11.0. The van der Waals surface area contributed by atoms with Crippen LogP contribution in [0.4, 0.5) is 0 Å². The number of hydrogen-bond donors (Lipinski definition) is 0. The van der Waals surface area contributed by atoms with Crippen LogP contribution in [-0.2, 0) is 5.75 Å². The molecule has 0 aliphatic heterocycles. The van der Waals surface area contributed by atoms with E-state index in [4.69, 9.17) is 11.6 Å². The Bertz CT molecular complexity index is 889. The van der Waals surface area contributed by atoms with E-state index in [9.17, 15) is 0 Å². The SMILES string of the molecule is CC(C)c1nnc(SCc2ccc(Br)cc2)n1/N=C\c1ccc(Cl)cc1. The second-order valence-corrected chi connectivity index (χ2v) is 8.31. The Kier molecular flexibility index (Phi) is 6.51. The standard InChI is InChI=1S/C19H18BrClN4S/c1-13(2)18-23-24-19(26-12-15-3-7-16(20)8-4-15)25(18)22-11-14-5-9-17(21)10-6-14/h3-11,13H,12H2,1-2H3/b22-11-. The predicted octanol–water partition coefficient (Wildman–Crippen LogP) is 5.99. The molecule has 3 rings (SSSR count). The van der Waals surface area contributed by atoms with Crippen molar-refractivity contribution in [2.24, 2.45) is 5.10 Å². The Morgan fingerprint density at radius 1 is 1.12 bits per heavy atom. The van der Waals surface area contributed by atoms with Crippen molar-refractivity contribution in [1.29, 1.82) is 0 Å². The fourth-order valence-electron chi connectivity index (χ4n) is 2.24. The first-order valence-electron chi connectivity index (χ1n) is 8.15. The Balaban J connectivity index is 1.81. The second-order valence-electron chi connectivity index (χ2n) is 6.02. The summed E-state index contributed by atoms with van der Waals surface area (Å²) in [6.07, 6.45) is 1.80. The number of hydrogen-bond acceptors (Lipinski definition) is 4. The highest BCUT2D eigenvalue weighted by molar-refractivity contribution is 9.10. The molecule has 0 amide bonds. The van der Waals surface area contributed by atoms with Gasteiger partial charge in [-0.1, -0.05) is 77.4 Å². The van der Waals surface area contributed by atoms with Crippen LogP contribution in [0.1, 0.15) is 36.7 Å². The van der Waals surface area contributed by atoms with Gasteiger partial charge in [0.2, 0.25) is 5.16 Å². The van der Waals surface area contributed by atoms with Crippen LogP contribution in [0.15, 0.2) is 63.3 Å². The van der Waals surface area contributed by atoms with Crippen molar-refractivity contribution in [2.75, 3.05) is 0 Å². The molecule has 2 aromatic carbocycles. The third kappa shape index (κ3) is 4.96. The molecule has 0 bridgehead atoms. The van der Waals surface area contributed by atoms with E-state index in [1.807, 2.05) is 41.1 Å². The Morgan fingerprint density at radius 3 is 2.46 bits per heavy atom. The summed E-state index contributed by atoms with van der Waals surface area (Å²) in [7, 11) is 0. The normalized spacial score (nSPS) is 11.6. The van der Waals surface area contributed by atoms with Gasteiger partial charge in [0.1, 0.15) is 0 Å². The fraction of sp³-hybridized carbons (Fsp3) is 0.211. The maximum absolute atomic E-state index is 5.94. The van der Waals surface area contributed by atoms with E-state index in [1.54, 1.807) is 18.0 Å². The zero-order valence-electron chi connectivity index (χ0n) is 14.4. The van der Waals surface area contributed by atoms with Gasteiger partial charge in [0.15, 0.2) is 5.82 Å². The molecule has 0 aliphatic carbocycles. The number of rotatable bonds is 6. The first-order chi connectivity index (χ1) is 12.5. The summed E-state index contributed by atoms with van der Waals surface area (Å²) in [6.45, 7) is 4.17. The Hall–Kier alpha value is -1.63. The molecule has 0 unspecified atom stereocenters. The molecule has 0 radical (unpaired) electrons. The van der Waals surface area contributed by atoms with Gasteiger partial charge in [0.25, 0.3) is 0 Å². The van der Waals surface area contributed by atoms with Crippen LogP contribution in [0, 0.1) is 0 Å². The van der Waals surface area contributed by atoms with Crippen molar-refractivity contribution in [3.05, 3.63) is 75.0 Å². The predicted molar refractivity (Wildman–Crippen MR) is 112 cm³/mol. The number of thioether (sulfide) groups is 1. The van der Waals surface area contributed by atoms with E-state index >= 15 is 0 Å². The largest absolute Gasteiger partial charge is 0.212 e. The van der Waals surface area contributed by atoms with Gasteiger partial charge in [-0.25, -0.2) is 0 Å². The van der Waals surface area contributed by atoms with E-state index in [0.717, 1.165) is 26.8 Å². The molecular formula is C19H18BrClN4S. The molecule has 26 heavy (non-hydrogen) atoms. The summed E-state index contributed by atoms with van der Waals surface area (Å²) < 4.78 is 2.90. The first kappa shape index (κ1) is 19.1. The molecule has 0 aliphatic rings. The smallest absolute Gasteiger partial charge is 0.191 e. The lowest BCUT2D eigenvalue weighted by Gasteiger charge is -2.06. The van der Waals surface area contributed by atoms with Crippen molar-refractivity contribution < 1.29 is 0 Å². The van der Waals surface area contributed by atoms with Gasteiger partial charge >= 0.3 is 0 Å². The second kappa shape index (κ2) is 8.84. The molecule has 3 aromatic rings. The van der Waals surface area contributed by atoms with E-state index in [-0.39, 0.29) is 5.92 Å². The molecule has 0 fully saturated rings. The van der Waals surface area contributed by atoms with Crippen molar-refractivity contribution in [3.63, 3.8) is 0 Å². The van der Waals surface area contributed by atoms with Gasteiger partial charge in [-0.3, -0.25) is 0 Å². The highest BCUT2D eigenvalue weighted by Crippen LogP contribution is 2.25. The van der Waals surface area contributed by atoms with Crippen molar-refractivity contribution in [3.8, 4) is 0 Å². The average Bonchev–Trinajstić information content (AvgIpc) is 3.04. The van der Waals surface area contributed by atoms with Crippen LogP contribution < -0.4 is 0 Å². The van der Waals surface area contributed by atoms with Crippen LogP contribution in [0.3, 0.4) is 0 Å². The van der Waals surface area contributed by atoms with Gasteiger partial charge < -0.3 is 0 Å². The molecule has 1 heterocycles. The molecule has 4 nitrogen and oxygen atoms in total. The van der Waals surface area contributed by atoms with E-state index in [2.05, 4.69) is 57.2 Å². The zero-order valence-corrected chi connectivity index (χ0v) is 17.6. The Labute approximate surface area is 170 Å². The van der Waals surface area contributed by atoms with Crippen LogP contribution >= 0.6 is 39.3 Å². The zero-order chi connectivity index (χ0) is 18.5. The van der Waals surface area contributed by atoms with Gasteiger partial charge in [0, 0.05) is 21.2 Å². The fourth-order valence-corrected chi connectivity index (χ4v) is 3.48. The summed E-state index contributed by atoms with van der Waals surface area (Å²) in [5.41, 5.74) is 2.20. The molecule has 0 atom stereocenters. The molecule has 0 saturated carbocycles. The highest BCUT2D eigenvalue weighted by atomic mass is 79.9. The quantitative estimate of drug-likeness (QED) is 0.343. The van der Waals surface area contributed by atoms with Crippen molar-refractivity contribution in [1.82, 2.24) is 14.9 Å². The molecule has 0 saturated heterocycles. The van der Waals surface area contributed by atoms with E-state index < -0.39 is 0 Å². The number of aromatic nitrogens is 3. The summed E-state index contributed by atoms with van der Waals surface area (Å²) in [5.74, 6) is 1.88. The summed E-state index contributed by atoms with van der Waals surface area (Å²) in [5, 5.41) is 14.7. The van der Waals surface area contributed by atoms with E-state index in [0.29, 0.717) is 5.02 Å². The molecule has 1 aromatic heterocycles. The summed E-state index contributed by atoms with van der Waals surface area (Å²) in [6, 6.07) is 15.8. The highest BCUT2D eigenvalue weighted by Gasteiger charge is 2.15. The molecule has 7 heteroatoms. The molecule has 0 spiro atoms. The van der Waals surface area contributed by atoms with Crippen LogP contribution in [-0.4, -0.2) is 21.1 Å². The number of halogens is 2. The third-order valence-electron chi connectivity index (χ3n) is 3.63. The van der Waals surface area contributed by atoms with E-state index in [1.165, 1.54) is 5.56 Å². The van der Waals surface area contributed by atoms with Gasteiger partial charge in [-0.15, -0.1) is 10.2 Å². The Morgan fingerprint density at radius 2 is 1.81 bits per heavy atom. The number of nitrogens with zero attached hydrogens (tertiary/aromatic N) is 4. The van der Waals surface area contributed by atoms with Crippen LogP contribution in [0.5, 0.6) is 0 Å². The monoisotopic (exact) mass is 448 g/mol. The maximum atomic E-state index is 5.94. The lowest BCUT2D eigenvalue weighted by molar-refractivity contribution is 0.667. The molecule has 134 valence electrons. The molecule has 0 N–H and O–H groups in total. The minimum absolute atomic E-state index is 0.229. The summed E-state index contributed by atoms with van der Waals surface area (Å²) in [4.78, 5) is 0. The first-order valence-corrected chi connectivity index (χ1v) is 10.3. The lowest BCUT2D eigenvalue weighted by atomic mass is 10.2. The van der Waals surface area contributed by atoms with Gasteiger partial charge in [0.05, 0.1) is 6.21 Å². The maximum Gasteiger partial charge on any atom is 0.212 e. The lowest BCUT2D eigenvalue weighted by Crippen LogP contribution is -2.02. The van der Waals surface area contributed by atoms with Crippen LogP contribution in [0.2, 0.25) is 5.02 Å². The minimum Gasteiger partial charge on any atom is -0.191 e.